The smallest absolute Gasteiger partial charge is 0.274 e. The zero-order valence-electron chi connectivity index (χ0n) is 9.47. The van der Waals surface area contributed by atoms with Crippen molar-refractivity contribution in [3.8, 4) is 5.95 Å². The molecule has 0 atom stereocenters. The molecule has 92 valence electrons. The van der Waals surface area contributed by atoms with Gasteiger partial charge in [0.1, 0.15) is 0 Å². The molecule has 2 heterocycles. The van der Waals surface area contributed by atoms with Crippen LogP contribution < -0.4 is 5.73 Å². The molecule has 0 saturated carbocycles. The normalized spacial score (nSPS) is 11.2. The lowest BCUT2D eigenvalue weighted by molar-refractivity contribution is 0.881. The van der Waals surface area contributed by atoms with Crippen LogP contribution in [0.3, 0.4) is 0 Å². The fraction of sp³-hybridized carbons (Fsp3) is 0.182. The molecule has 0 saturated heterocycles. The summed E-state index contributed by atoms with van der Waals surface area (Å²) in [7, 11) is 0. The van der Waals surface area contributed by atoms with Crippen molar-refractivity contribution in [1.29, 1.82) is 0 Å². The van der Waals surface area contributed by atoms with Gasteiger partial charge in [-0.05, 0) is 35.9 Å². The summed E-state index contributed by atoms with van der Waals surface area (Å²) in [6.45, 7) is 0.591. The number of tetrazole rings is 1. The number of halogens is 1. The van der Waals surface area contributed by atoms with Gasteiger partial charge >= 0.3 is 0 Å². The topological polar surface area (TPSA) is 85.4 Å². The van der Waals surface area contributed by atoms with Crippen molar-refractivity contribution in [1.82, 2.24) is 25.2 Å². The molecule has 18 heavy (non-hydrogen) atoms. The van der Waals surface area contributed by atoms with Gasteiger partial charge in [0, 0.05) is 16.6 Å². The third kappa shape index (κ3) is 1.75. The molecule has 3 aromatic rings. The van der Waals surface area contributed by atoms with Gasteiger partial charge in [-0.15, -0.1) is 5.10 Å². The van der Waals surface area contributed by atoms with Crippen LogP contribution in [0.1, 0.15) is 5.56 Å². The summed E-state index contributed by atoms with van der Waals surface area (Å²) >= 11 is 6.04. The van der Waals surface area contributed by atoms with Gasteiger partial charge < -0.3 is 5.73 Å². The fourth-order valence-electron chi connectivity index (χ4n) is 2.05. The lowest BCUT2D eigenvalue weighted by Crippen LogP contribution is -2.02. The molecule has 0 spiro atoms. The van der Waals surface area contributed by atoms with Crippen LogP contribution in [0.25, 0.3) is 16.9 Å². The molecule has 3 N–H and O–H groups in total. The fourth-order valence-corrected chi connectivity index (χ4v) is 2.22. The van der Waals surface area contributed by atoms with Gasteiger partial charge in [-0.2, -0.15) is 5.21 Å². The summed E-state index contributed by atoms with van der Waals surface area (Å²) in [4.78, 5) is 0. The molecule has 2 aromatic heterocycles. The average Bonchev–Trinajstić information content (AvgIpc) is 2.97. The number of fused-ring (bicyclic) bond motifs is 1. The minimum Gasteiger partial charge on any atom is -0.330 e. The van der Waals surface area contributed by atoms with E-state index in [1.54, 1.807) is 0 Å². The number of nitrogens with two attached hydrogens (primary N) is 1. The third-order valence-electron chi connectivity index (χ3n) is 2.81. The monoisotopic (exact) mass is 262 g/mol. The largest absolute Gasteiger partial charge is 0.330 e. The van der Waals surface area contributed by atoms with Crippen LogP contribution in [0.5, 0.6) is 0 Å². The van der Waals surface area contributed by atoms with Gasteiger partial charge in [0.15, 0.2) is 0 Å². The highest BCUT2D eigenvalue weighted by Crippen LogP contribution is 2.26. The third-order valence-corrected chi connectivity index (χ3v) is 3.05. The second kappa shape index (κ2) is 4.40. The Morgan fingerprint density at radius 2 is 2.28 bits per heavy atom. The van der Waals surface area contributed by atoms with Crippen molar-refractivity contribution in [2.75, 3.05) is 6.54 Å². The standard InChI is InChI=1S/C11H11ClN6/c12-8-1-2-9-7(3-4-13)6-18(10(9)5-8)11-14-16-17-15-11/h1-2,5-6H,3-4,13H2,(H,14,15,16,17). The Hall–Kier alpha value is -1.92. The molecule has 3 rings (SSSR count). The molecule has 7 heteroatoms. The van der Waals surface area contributed by atoms with Gasteiger partial charge in [-0.1, -0.05) is 22.8 Å². The van der Waals surface area contributed by atoms with E-state index in [-0.39, 0.29) is 0 Å². The average molecular weight is 263 g/mol. The number of aromatic amines is 1. The lowest BCUT2D eigenvalue weighted by Gasteiger charge is -1.98. The summed E-state index contributed by atoms with van der Waals surface area (Å²) in [6.07, 6.45) is 2.77. The van der Waals surface area contributed by atoms with E-state index in [4.69, 9.17) is 17.3 Å². The highest BCUT2D eigenvalue weighted by atomic mass is 35.5. The van der Waals surface area contributed by atoms with E-state index in [1.807, 2.05) is 29.0 Å². The van der Waals surface area contributed by atoms with Gasteiger partial charge in [0.25, 0.3) is 5.95 Å². The van der Waals surface area contributed by atoms with E-state index in [2.05, 4.69) is 20.6 Å². The van der Waals surface area contributed by atoms with Crippen molar-refractivity contribution < 1.29 is 0 Å². The number of hydrogen-bond donors (Lipinski definition) is 2. The summed E-state index contributed by atoms with van der Waals surface area (Å²) in [5, 5.41) is 15.7. The lowest BCUT2D eigenvalue weighted by atomic mass is 10.1. The van der Waals surface area contributed by atoms with Gasteiger partial charge in [-0.3, -0.25) is 4.57 Å². The predicted molar refractivity (Wildman–Crippen MR) is 68.8 cm³/mol. The Kier molecular flexibility index (Phi) is 2.73. The van der Waals surface area contributed by atoms with Crippen LogP contribution in [0.2, 0.25) is 5.02 Å². The van der Waals surface area contributed by atoms with Gasteiger partial charge in [-0.25, -0.2) is 0 Å². The first kappa shape index (κ1) is 11.2. The molecule has 0 fully saturated rings. The SMILES string of the molecule is NCCc1cn(-c2nn[nH]n2)c2cc(Cl)ccc12. The van der Waals surface area contributed by atoms with E-state index >= 15 is 0 Å². The van der Waals surface area contributed by atoms with Crippen molar-refractivity contribution >= 4 is 22.5 Å². The molecular formula is C11H11ClN6. The molecule has 0 aliphatic carbocycles. The number of aromatic nitrogens is 5. The summed E-state index contributed by atoms with van der Waals surface area (Å²) < 4.78 is 1.86. The zero-order valence-corrected chi connectivity index (χ0v) is 10.2. The van der Waals surface area contributed by atoms with Gasteiger partial charge in [0.05, 0.1) is 5.52 Å². The molecule has 0 aliphatic heterocycles. The summed E-state index contributed by atoms with van der Waals surface area (Å²) in [6, 6.07) is 5.73. The molecule has 0 unspecified atom stereocenters. The minimum absolute atomic E-state index is 0.491. The number of nitrogens with zero attached hydrogens (tertiary/aromatic N) is 4. The maximum Gasteiger partial charge on any atom is 0.274 e. The molecule has 0 bridgehead atoms. The van der Waals surface area contributed by atoms with Crippen LogP contribution in [-0.4, -0.2) is 31.7 Å². The maximum atomic E-state index is 6.04. The molecule has 0 aliphatic rings. The number of nitrogens with one attached hydrogen (secondary N) is 1. The van der Waals surface area contributed by atoms with E-state index in [0.717, 1.165) is 22.9 Å². The summed E-state index contributed by atoms with van der Waals surface area (Å²) in [5.41, 5.74) is 7.72. The first-order chi connectivity index (χ1) is 8.79. The van der Waals surface area contributed by atoms with Crippen molar-refractivity contribution in [2.24, 2.45) is 5.73 Å². The summed E-state index contributed by atoms with van der Waals surface area (Å²) in [5.74, 6) is 0.491. The quantitative estimate of drug-likeness (QED) is 0.745. The van der Waals surface area contributed by atoms with Crippen LogP contribution in [0.4, 0.5) is 0 Å². The molecular weight excluding hydrogens is 252 g/mol. The second-order valence-corrected chi connectivity index (χ2v) is 4.37. The highest BCUT2D eigenvalue weighted by Gasteiger charge is 2.12. The van der Waals surface area contributed by atoms with Crippen LogP contribution in [-0.2, 0) is 6.42 Å². The second-order valence-electron chi connectivity index (χ2n) is 3.94. The number of hydrogen-bond acceptors (Lipinski definition) is 4. The Balaban J connectivity index is 2.27. The number of benzene rings is 1. The van der Waals surface area contributed by atoms with E-state index in [0.29, 0.717) is 17.5 Å². The Bertz CT molecular complexity index is 672. The number of H-pyrrole nitrogens is 1. The van der Waals surface area contributed by atoms with Crippen LogP contribution >= 0.6 is 11.6 Å². The first-order valence-corrected chi connectivity index (χ1v) is 5.91. The Morgan fingerprint density at radius 3 is 3.00 bits per heavy atom. The predicted octanol–water partition coefficient (Wildman–Crippen LogP) is 1.30. The Morgan fingerprint density at radius 1 is 1.39 bits per heavy atom. The van der Waals surface area contributed by atoms with E-state index in [1.165, 1.54) is 0 Å². The van der Waals surface area contributed by atoms with E-state index < -0.39 is 0 Å². The van der Waals surface area contributed by atoms with Crippen molar-refractivity contribution in [3.05, 3.63) is 35.0 Å². The zero-order chi connectivity index (χ0) is 12.5. The maximum absolute atomic E-state index is 6.04. The van der Waals surface area contributed by atoms with Gasteiger partial charge in [0.2, 0.25) is 0 Å². The van der Waals surface area contributed by atoms with Crippen molar-refractivity contribution in [3.63, 3.8) is 0 Å². The molecule has 0 radical (unpaired) electrons. The van der Waals surface area contributed by atoms with E-state index in [9.17, 15) is 0 Å². The minimum atomic E-state index is 0.491. The molecule has 6 nitrogen and oxygen atoms in total. The Labute approximate surface area is 108 Å². The van der Waals surface area contributed by atoms with Crippen LogP contribution in [0, 0.1) is 0 Å². The van der Waals surface area contributed by atoms with Crippen molar-refractivity contribution in [2.45, 2.75) is 6.42 Å². The number of rotatable bonds is 3. The highest BCUT2D eigenvalue weighted by molar-refractivity contribution is 6.31. The molecule has 0 amide bonds. The first-order valence-electron chi connectivity index (χ1n) is 5.53. The van der Waals surface area contributed by atoms with Crippen LogP contribution in [0.15, 0.2) is 24.4 Å². The molecule has 1 aromatic carbocycles.